The molecule has 3 N–H and O–H groups in total. The molecule has 2 rings (SSSR count). The van der Waals surface area contributed by atoms with Crippen molar-refractivity contribution in [1.82, 2.24) is 15.2 Å². The minimum atomic E-state index is -0.850. The van der Waals surface area contributed by atoms with Crippen LogP contribution in [0.2, 0.25) is 0 Å². The largest absolute Gasteiger partial charge is 0.273 e. The van der Waals surface area contributed by atoms with Gasteiger partial charge < -0.3 is 0 Å². The van der Waals surface area contributed by atoms with Crippen LogP contribution in [-0.4, -0.2) is 9.78 Å². The van der Waals surface area contributed by atoms with Crippen molar-refractivity contribution in [1.29, 1.82) is 0 Å². The fourth-order valence-corrected chi connectivity index (χ4v) is 1.91. The molecule has 1 aromatic heterocycles. The van der Waals surface area contributed by atoms with E-state index in [0.29, 0.717) is 12.0 Å². The molecule has 0 fully saturated rings. The fourth-order valence-electron chi connectivity index (χ4n) is 1.91. The second kappa shape index (κ2) is 5.90. The lowest BCUT2D eigenvalue weighted by atomic mass is 10.0. The Morgan fingerprint density at radius 2 is 2.16 bits per heavy atom. The molecule has 102 valence electrons. The highest BCUT2D eigenvalue weighted by Gasteiger charge is 2.14. The van der Waals surface area contributed by atoms with Crippen LogP contribution in [0.4, 0.5) is 8.78 Å². The molecular formula is C13H16F2N4. The Bertz CT molecular complexity index is 553. The van der Waals surface area contributed by atoms with E-state index in [-0.39, 0.29) is 6.04 Å². The van der Waals surface area contributed by atoms with Crippen molar-refractivity contribution in [3.05, 3.63) is 53.4 Å². The van der Waals surface area contributed by atoms with E-state index in [9.17, 15) is 8.78 Å². The van der Waals surface area contributed by atoms with Gasteiger partial charge in [0, 0.05) is 18.3 Å². The molecule has 0 aliphatic heterocycles. The van der Waals surface area contributed by atoms with Gasteiger partial charge in [-0.25, -0.2) is 8.78 Å². The van der Waals surface area contributed by atoms with Gasteiger partial charge >= 0.3 is 0 Å². The Kier molecular flexibility index (Phi) is 4.24. The fraction of sp³-hybridized carbons (Fsp3) is 0.308. The van der Waals surface area contributed by atoms with Crippen molar-refractivity contribution in [2.24, 2.45) is 5.84 Å². The van der Waals surface area contributed by atoms with Gasteiger partial charge in [-0.2, -0.15) is 5.10 Å². The Morgan fingerprint density at radius 1 is 1.37 bits per heavy atom. The second-order valence-corrected chi connectivity index (χ2v) is 4.30. The smallest absolute Gasteiger partial charge is 0.159 e. The number of nitrogens with zero attached hydrogens (tertiary/aromatic N) is 2. The number of aromatic nitrogens is 2. The average molecular weight is 266 g/mol. The first-order valence-electron chi connectivity index (χ1n) is 6.06. The number of hydrogen-bond acceptors (Lipinski definition) is 3. The number of rotatable bonds is 5. The number of benzene rings is 1. The molecular weight excluding hydrogens is 250 g/mol. The van der Waals surface area contributed by atoms with E-state index in [2.05, 4.69) is 10.5 Å². The van der Waals surface area contributed by atoms with E-state index in [0.717, 1.165) is 18.2 Å². The molecule has 1 aromatic carbocycles. The minimum Gasteiger partial charge on any atom is -0.273 e. The maximum Gasteiger partial charge on any atom is 0.159 e. The molecule has 6 heteroatoms. The van der Waals surface area contributed by atoms with E-state index < -0.39 is 11.6 Å². The summed E-state index contributed by atoms with van der Waals surface area (Å²) in [6.45, 7) is 2.75. The minimum absolute atomic E-state index is 0.190. The van der Waals surface area contributed by atoms with Crippen LogP contribution >= 0.6 is 0 Å². The summed E-state index contributed by atoms with van der Waals surface area (Å²) in [5, 5.41) is 4.16. The van der Waals surface area contributed by atoms with Crippen LogP contribution in [0, 0.1) is 11.6 Å². The summed E-state index contributed by atoms with van der Waals surface area (Å²) in [5.41, 5.74) is 4.25. The Labute approximate surface area is 110 Å². The number of nitrogens with one attached hydrogen (secondary N) is 1. The molecule has 0 aliphatic carbocycles. The zero-order chi connectivity index (χ0) is 13.8. The van der Waals surface area contributed by atoms with Crippen molar-refractivity contribution in [2.75, 3.05) is 0 Å². The normalized spacial score (nSPS) is 12.6. The van der Waals surface area contributed by atoms with Crippen molar-refractivity contribution < 1.29 is 8.78 Å². The van der Waals surface area contributed by atoms with Gasteiger partial charge in [0.25, 0.3) is 0 Å². The highest BCUT2D eigenvalue weighted by atomic mass is 19.2. The van der Waals surface area contributed by atoms with Gasteiger partial charge in [0.15, 0.2) is 11.6 Å². The molecule has 0 aliphatic rings. The molecule has 1 unspecified atom stereocenters. The van der Waals surface area contributed by atoms with Crippen LogP contribution in [-0.2, 0) is 13.0 Å². The van der Waals surface area contributed by atoms with Gasteiger partial charge in [-0.1, -0.05) is 6.07 Å². The third-order valence-electron chi connectivity index (χ3n) is 3.00. The van der Waals surface area contributed by atoms with E-state index >= 15 is 0 Å². The number of halogens is 2. The highest BCUT2D eigenvalue weighted by molar-refractivity contribution is 5.22. The highest BCUT2D eigenvalue weighted by Crippen LogP contribution is 2.18. The summed E-state index contributed by atoms with van der Waals surface area (Å²) in [5.74, 6) is 3.82. The van der Waals surface area contributed by atoms with Gasteiger partial charge in [0.2, 0.25) is 0 Å². The second-order valence-electron chi connectivity index (χ2n) is 4.30. The van der Waals surface area contributed by atoms with Gasteiger partial charge in [0.05, 0.1) is 12.2 Å². The first-order valence-corrected chi connectivity index (χ1v) is 6.06. The standard InChI is InChI=1S/C13H16F2N4/c1-2-19-8-10(7-17-19)13(18-16)6-9-3-4-11(14)12(15)5-9/h3-5,7-8,13,18H,2,6,16H2,1H3. The predicted molar refractivity (Wildman–Crippen MR) is 68.0 cm³/mol. The third kappa shape index (κ3) is 3.15. The number of aryl methyl sites for hydroxylation is 1. The summed E-state index contributed by atoms with van der Waals surface area (Å²) in [6, 6.07) is 3.66. The van der Waals surface area contributed by atoms with E-state index in [1.54, 1.807) is 16.9 Å². The summed E-state index contributed by atoms with van der Waals surface area (Å²) in [6.07, 6.45) is 4.06. The Hall–Kier alpha value is -1.79. The molecule has 0 amide bonds. The lowest BCUT2D eigenvalue weighted by Gasteiger charge is -2.14. The van der Waals surface area contributed by atoms with Crippen molar-refractivity contribution in [2.45, 2.75) is 25.9 Å². The lowest BCUT2D eigenvalue weighted by Crippen LogP contribution is -2.29. The van der Waals surface area contributed by atoms with E-state index in [1.807, 2.05) is 13.1 Å². The van der Waals surface area contributed by atoms with Crippen LogP contribution in [0.15, 0.2) is 30.6 Å². The first-order chi connectivity index (χ1) is 9.13. The Morgan fingerprint density at radius 3 is 2.74 bits per heavy atom. The van der Waals surface area contributed by atoms with Crippen molar-refractivity contribution in [3.8, 4) is 0 Å². The van der Waals surface area contributed by atoms with Crippen molar-refractivity contribution in [3.63, 3.8) is 0 Å². The zero-order valence-corrected chi connectivity index (χ0v) is 10.6. The summed E-state index contributed by atoms with van der Waals surface area (Å²) in [7, 11) is 0. The molecule has 4 nitrogen and oxygen atoms in total. The van der Waals surface area contributed by atoms with Crippen LogP contribution in [0.3, 0.4) is 0 Å². The van der Waals surface area contributed by atoms with Gasteiger partial charge in [0.1, 0.15) is 0 Å². The maximum atomic E-state index is 13.2. The molecule has 1 atom stereocenters. The number of hydrogen-bond donors (Lipinski definition) is 2. The van der Waals surface area contributed by atoms with Crippen LogP contribution in [0.25, 0.3) is 0 Å². The van der Waals surface area contributed by atoms with Gasteiger partial charge in [-0.15, -0.1) is 0 Å². The SMILES string of the molecule is CCn1cc(C(Cc2ccc(F)c(F)c2)NN)cn1. The predicted octanol–water partition coefficient (Wildman–Crippen LogP) is 1.93. The van der Waals surface area contributed by atoms with Crippen LogP contribution < -0.4 is 11.3 Å². The topological polar surface area (TPSA) is 55.9 Å². The summed E-state index contributed by atoms with van der Waals surface area (Å²) in [4.78, 5) is 0. The average Bonchev–Trinajstić information content (AvgIpc) is 2.88. The number of hydrazine groups is 1. The summed E-state index contributed by atoms with van der Waals surface area (Å²) >= 11 is 0. The number of nitrogens with two attached hydrogens (primary N) is 1. The molecule has 0 radical (unpaired) electrons. The molecule has 0 saturated carbocycles. The van der Waals surface area contributed by atoms with Crippen molar-refractivity contribution >= 4 is 0 Å². The molecule has 19 heavy (non-hydrogen) atoms. The van der Waals surface area contributed by atoms with E-state index in [1.165, 1.54) is 6.07 Å². The zero-order valence-electron chi connectivity index (χ0n) is 10.6. The monoisotopic (exact) mass is 266 g/mol. The van der Waals surface area contributed by atoms with Gasteiger partial charge in [-0.3, -0.25) is 16.0 Å². The molecule has 2 aromatic rings. The first kappa shape index (κ1) is 13.6. The molecule has 0 bridgehead atoms. The van der Waals surface area contributed by atoms with E-state index in [4.69, 9.17) is 5.84 Å². The van der Waals surface area contributed by atoms with Crippen LogP contribution in [0.1, 0.15) is 24.1 Å². The molecule has 0 saturated heterocycles. The Balaban J connectivity index is 2.16. The lowest BCUT2D eigenvalue weighted by molar-refractivity contribution is 0.502. The molecule has 0 spiro atoms. The molecule has 1 heterocycles. The maximum absolute atomic E-state index is 13.2. The third-order valence-corrected chi connectivity index (χ3v) is 3.00. The quantitative estimate of drug-likeness (QED) is 0.642. The van der Waals surface area contributed by atoms with Gasteiger partial charge in [-0.05, 0) is 31.0 Å². The summed E-state index contributed by atoms with van der Waals surface area (Å²) < 4.78 is 27.8. The van der Waals surface area contributed by atoms with Crippen LogP contribution in [0.5, 0.6) is 0 Å².